The predicted molar refractivity (Wildman–Crippen MR) is 208 cm³/mol. The third kappa shape index (κ3) is 8.25. The Labute approximate surface area is 336 Å². The second kappa shape index (κ2) is 15.8. The maximum absolute atomic E-state index is 15.4. The Morgan fingerprint density at radius 2 is 1.74 bits per heavy atom. The summed E-state index contributed by atoms with van der Waals surface area (Å²) in [6.07, 6.45) is 4.57. The van der Waals surface area contributed by atoms with Crippen LogP contribution in [0.1, 0.15) is 79.6 Å². The average molecular weight is 834 g/mol. The lowest BCUT2D eigenvalue weighted by atomic mass is 9.84. The number of alkyl halides is 2. The van der Waals surface area contributed by atoms with Gasteiger partial charge >= 0.3 is 6.09 Å². The summed E-state index contributed by atoms with van der Waals surface area (Å²) >= 11 is 0. The van der Waals surface area contributed by atoms with E-state index in [0.29, 0.717) is 59.8 Å². The number of nitrogens with one attached hydrogen (secondary N) is 2. The lowest BCUT2D eigenvalue weighted by Gasteiger charge is -2.47. The van der Waals surface area contributed by atoms with Crippen LogP contribution in [0.3, 0.4) is 0 Å². The zero-order valence-electron chi connectivity index (χ0n) is 33.8. The number of rotatable bonds is 10. The number of nitrogens with zero attached hydrogens (tertiary/aromatic N) is 3. The Bertz CT molecular complexity index is 2090. The number of amides is 4. The number of hydrogen-bond donors (Lipinski definition) is 3. The molecule has 318 valence electrons. The number of aromatic nitrogens is 1. The summed E-state index contributed by atoms with van der Waals surface area (Å²) < 4.78 is 76.1. The molecule has 1 saturated heterocycles. The number of halogens is 2. The van der Waals surface area contributed by atoms with E-state index in [1.807, 2.05) is 13.0 Å². The van der Waals surface area contributed by atoms with Crippen molar-refractivity contribution >= 4 is 44.6 Å². The van der Waals surface area contributed by atoms with Gasteiger partial charge in [-0.2, -0.15) is 0 Å². The summed E-state index contributed by atoms with van der Waals surface area (Å²) in [5.74, 6) is -6.69. The van der Waals surface area contributed by atoms with E-state index in [1.165, 1.54) is 20.4 Å². The summed E-state index contributed by atoms with van der Waals surface area (Å²) in [5, 5.41) is 13.9. The number of benzene rings is 1. The lowest BCUT2D eigenvalue weighted by Crippen LogP contribution is -2.66. The Morgan fingerprint density at radius 1 is 1.07 bits per heavy atom. The molecule has 1 aromatic carbocycles. The highest BCUT2D eigenvalue weighted by molar-refractivity contribution is 7.91. The summed E-state index contributed by atoms with van der Waals surface area (Å²) in [4.78, 5) is 62.7. The molecule has 6 rings (SSSR count). The van der Waals surface area contributed by atoms with Gasteiger partial charge in [0.1, 0.15) is 29.3 Å². The molecule has 7 atom stereocenters. The second-order valence-electron chi connectivity index (χ2n) is 16.8. The Hall–Kier alpha value is -4.74. The molecule has 18 heteroatoms. The Morgan fingerprint density at radius 3 is 2.36 bits per heavy atom. The fraction of sp³-hybridized carbons (Fsp3) is 0.625. The summed E-state index contributed by atoms with van der Waals surface area (Å²) in [6, 6.07) is 2.06. The number of ether oxygens (including phenoxy) is 3. The highest BCUT2D eigenvalue weighted by Crippen LogP contribution is 2.47. The lowest BCUT2D eigenvalue weighted by molar-refractivity contribution is -0.156. The third-order valence-electron chi connectivity index (χ3n) is 12.2. The molecule has 4 aliphatic rings. The van der Waals surface area contributed by atoms with Crippen LogP contribution >= 0.6 is 0 Å². The molecule has 2 saturated carbocycles. The molecular weight excluding hydrogens is 781 g/mol. The predicted octanol–water partition coefficient (Wildman–Crippen LogP) is 4.88. The van der Waals surface area contributed by atoms with Gasteiger partial charge in [0, 0.05) is 30.8 Å². The topological polar surface area (TPSA) is 194 Å². The molecular formula is C40H53F2N5O10S. The van der Waals surface area contributed by atoms with Crippen LogP contribution in [0.15, 0.2) is 36.5 Å². The molecule has 4 amide bonds. The SMILES string of the molecule is COc1cc2ccnc(O[C@@H]3C[C@H]4C(=O)N[C@]5(C(=O)NS(=O)(=O)C6CC6)C[C@H]5C=CCC[C@H](C)C[C@@H](C)[C@H](N(C(=O)O)C(C)(C)C(C)(F)F)C(=O)N4C3)c2cc1OC. The maximum atomic E-state index is 15.4. The van der Waals surface area contributed by atoms with Crippen molar-refractivity contribution in [1.29, 1.82) is 0 Å². The minimum atomic E-state index is -4.00. The van der Waals surface area contributed by atoms with Crippen molar-refractivity contribution in [3.05, 3.63) is 36.5 Å². The number of sulfonamides is 1. The molecule has 0 radical (unpaired) electrons. The first kappa shape index (κ1) is 42.9. The standard InChI is InChI=1S/C40H53F2N5O10S/c1-22-10-8-9-11-25-20-40(25,36(50)45-58(53,54)27-12-13-27)44-33(48)29-18-26(57-34-28-19-31(56-7)30(55-6)17-24(28)14-15-43-34)21-46(29)35(49)32(23(2)16-22)47(37(51)52)38(3,4)39(5,41)42/h9,11,14-15,17,19,22-23,25-27,29,32H,8,10,12-13,16,18,20-21H2,1-7H3,(H,44,48)(H,45,50)(H,51,52)/t22-,23+,25+,26+,29-,32-,40+/m0/s1. The van der Waals surface area contributed by atoms with Crippen molar-refractivity contribution in [1.82, 2.24) is 24.8 Å². The number of hydrogen-bond acceptors (Lipinski definition) is 10. The molecule has 2 aliphatic heterocycles. The van der Waals surface area contributed by atoms with Crippen molar-refractivity contribution in [2.75, 3.05) is 20.8 Å². The van der Waals surface area contributed by atoms with Gasteiger partial charge in [0.15, 0.2) is 11.5 Å². The molecule has 58 heavy (non-hydrogen) atoms. The third-order valence-corrected chi connectivity index (χ3v) is 14.1. The highest BCUT2D eigenvalue weighted by atomic mass is 32.2. The fourth-order valence-corrected chi connectivity index (χ4v) is 9.65. The number of pyridine rings is 1. The van der Waals surface area contributed by atoms with Crippen LogP contribution in [0.25, 0.3) is 10.8 Å². The van der Waals surface area contributed by atoms with Crippen LogP contribution in [0.5, 0.6) is 17.4 Å². The fourth-order valence-electron chi connectivity index (χ4n) is 8.28. The monoisotopic (exact) mass is 833 g/mol. The smallest absolute Gasteiger partial charge is 0.408 e. The van der Waals surface area contributed by atoms with Crippen LogP contribution in [0.4, 0.5) is 13.6 Å². The first-order valence-corrected chi connectivity index (χ1v) is 21.1. The van der Waals surface area contributed by atoms with Crippen molar-refractivity contribution in [2.24, 2.45) is 17.8 Å². The van der Waals surface area contributed by atoms with Gasteiger partial charge in [0.25, 0.3) is 11.8 Å². The van der Waals surface area contributed by atoms with E-state index in [9.17, 15) is 27.9 Å². The van der Waals surface area contributed by atoms with Crippen LogP contribution < -0.4 is 24.2 Å². The van der Waals surface area contributed by atoms with E-state index >= 15 is 13.6 Å². The van der Waals surface area contributed by atoms with Crippen molar-refractivity contribution < 1.29 is 55.7 Å². The van der Waals surface area contributed by atoms with E-state index in [0.717, 1.165) is 18.7 Å². The van der Waals surface area contributed by atoms with Crippen LogP contribution in [-0.2, 0) is 24.4 Å². The molecule has 3 N–H and O–H groups in total. The molecule has 0 spiro atoms. The van der Waals surface area contributed by atoms with Gasteiger partial charge < -0.3 is 29.5 Å². The van der Waals surface area contributed by atoms with Gasteiger partial charge in [-0.15, -0.1) is 0 Å². The number of allylic oxidation sites excluding steroid dienone is 1. The van der Waals surface area contributed by atoms with Gasteiger partial charge in [-0.05, 0) is 87.8 Å². The highest BCUT2D eigenvalue weighted by Gasteiger charge is 2.62. The molecule has 1 aromatic heterocycles. The molecule has 0 bridgehead atoms. The minimum absolute atomic E-state index is 0.0921. The number of carbonyl (C=O) groups excluding carboxylic acids is 3. The zero-order valence-corrected chi connectivity index (χ0v) is 34.6. The van der Waals surface area contributed by atoms with Crippen LogP contribution in [-0.4, -0.2) is 113 Å². The van der Waals surface area contributed by atoms with Crippen molar-refractivity contribution in [2.45, 2.75) is 120 Å². The molecule has 15 nitrogen and oxygen atoms in total. The molecule has 2 aromatic rings. The number of carbonyl (C=O) groups is 4. The normalized spacial score (nSPS) is 28.3. The van der Waals surface area contributed by atoms with Gasteiger partial charge in [-0.1, -0.05) is 26.0 Å². The van der Waals surface area contributed by atoms with Crippen LogP contribution in [0.2, 0.25) is 0 Å². The first-order valence-electron chi connectivity index (χ1n) is 19.6. The largest absolute Gasteiger partial charge is 0.493 e. The second-order valence-corrected chi connectivity index (χ2v) is 18.8. The average Bonchev–Trinajstić information content (AvgIpc) is 4.07. The van der Waals surface area contributed by atoms with Gasteiger partial charge in [0.2, 0.25) is 27.7 Å². The maximum Gasteiger partial charge on any atom is 0.408 e. The molecule has 3 heterocycles. The van der Waals surface area contributed by atoms with Gasteiger partial charge in [0.05, 0.1) is 26.0 Å². The quantitative estimate of drug-likeness (QED) is 0.277. The number of fused-ring (bicyclic) bond motifs is 3. The molecule has 2 aliphatic carbocycles. The molecule has 0 unspecified atom stereocenters. The van der Waals surface area contributed by atoms with Gasteiger partial charge in [-0.3, -0.25) is 24.0 Å². The first-order chi connectivity index (χ1) is 27.1. The summed E-state index contributed by atoms with van der Waals surface area (Å²) in [7, 11) is -1.04. The van der Waals surface area contributed by atoms with Crippen molar-refractivity contribution in [3.63, 3.8) is 0 Å². The summed E-state index contributed by atoms with van der Waals surface area (Å²) in [6.45, 7) is 5.99. The van der Waals surface area contributed by atoms with E-state index in [2.05, 4.69) is 15.0 Å². The van der Waals surface area contributed by atoms with Crippen molar-refractivity contribution in [3.8, 4) is 17.4 Å². The Balaban J connectivity index is 1.43. The molecule has 3 fully saturated rings. The Kier molecular flexibility index (Phi) is 11.7. The van der Waals surface area contributed by atoms with E-state index in [4.69, 9.17) is 14.2 Å². The van der Waals surface area contributed by atoms with Crippen LogP contribution in [0, 0.1) is 17.8 Å². The van der Waals surface area contributed by atoms with E-state index in [-0.39, 0.29) is 37.6 Å². The van der Waals surface area contributed by atoms with E-state index in [1.54, 1.807) is 31.2 Å². The zero-order chi connectivity index (χ0) is 42.5. The summed E-state index contributed by atoms with van der Waals surface area (Å²) in [5.41, 5.74) is -4.03. The van der Waals surface area contributed by atoms with Gasteiger partial charge in [-0.25, -0.2) is 27.0 Å². The number of methoxy groups -OCH3 is 2. The minimum Gasteiger partial charge on any atom is -0.493 e. The van der Waals surface area contributed by atoms with E-state index < -0.39 is 86.1 Å². The number of carboxylic acid groups (broad SMARTS) is 1.